The van der Waals surface area contributed by atoms with Crippen molar-refractivity contribution < 1.29 is 4.74 Å². The predicted octanol–water partition coefficient (Wildman–Crippen LogP) is 4.30. The van der Waals surface area contributed by atoms with Gasteiger partial charge in [0, 0.05) is 5.38 Å². The van der Waals surface area contributed by atoms with Crippen molar-refractivity contribution in [2.24, 2.45) is 5.92 Å². The van der Waals surface area contributed by atoms with Crippen LogP contribution < -0.4 is 4.74 Å². The third-order valence-corrected chi connectivity index (χ3v) is 3.94. The zero-order valence-corrected chi connectivity index (χ0v) is 10.9. The second kappa shape index (κ2) is 5.29. The van der Waals surface area contributed by atoms with Gasteiger partial charge in [0.1, 0.15) is 5.75 Å². The number of rotatable bonds is 5. The summed E-state index contributed by atoms with van der Waals surface area (Å²) in [5.74, 6) is 1.51. The molecule has 1 unspecified atom stereocenters. The van der Waals surface area contributed by atoms with Gasteiger partial charge in [0.15, 0.2) is 0 Å². The molecule has 1 aromatic rings. The first-order valence-corrected chi connectivity index (χ1v) is 6.48. The lowest BCUT2D eigenvalue weighted by molar-refractivity contribution is 0.414. The Morgan fingerprint density at radius 3 is 2.81 bits per heavy atom. The maximum atomic E-state index is 6.28. The topological polar surface area (TPSA) is 9.23 Å². The molecule has 1 fully saturated rings. The van der Waals surface area contributed by atoms with Crippen molar-refractivity contribution >= 4 is 23.2 Å². The Bertz CT molecular complexity index is 361. The van der Waals surface area contributed by atoms with Crippen LogP contribution in [0.15, 0.2) is 18.2 Å². The summed E-state index contributed by atoms with van der Waals surface area (Å²) in [6.07, 6.45) is 4.64. The van der Waals surface area contributed by atoms with Gasteiger partial charge in [-0.05, 0) is 49.3 Å². The van der Waals surface area contributed by atoms with Crippen LogP contribution in [-0.4, -0.2) is 12.5 Å². The first kappa shape index (κ1) is 12.1. The minimum absolute atomic E-state index is 0.335. The first-order chi connectivity index (χ1) is 7.70. The van der Waals surface area contributed by atoms with Gasteiger partial charge in [-0.15, -0.1) is 11.6 Å². The van der Waals surface area contributed by atoms with Crippen LogP contribution in [-0.2, 0) is 6.42 Å². The third kappa shape index (κ3) is 3.05. The van der Waals surface area contributed by atoms with Gasteiger partial charge in [-0.3, -0.25) is 0 Å². The molecule has 0 amide bonds. The molecule has 0 N–H and O–H groups in total. The number of hydrogen-bond donors (Lipinski definition) is 0. The number of benzene rings is 1. The molecule has 16 heavy (non-hydrogen) atoms. The van der Waals surface area contributed by atoms with Gasteiger partial charge < -0.3 is 4.74 Å². The predicted molar refractivity (Wildman–Crippen MR) is 68.7 cm³/mol. The van der Waals surface area contributed by atoms with E-state index in [9.17, 15) is 0 Å². The molecule has 2 rings (SSSR count). The summed E-state index contributed by atoms with van der Waals surface area (Å²) in [4.78, 5) is 0. The number of methoxy groups -OCH3 is 1. The SMILES string of the molecule is COc1cc(CCC(Cl)C2CC2)ccc1Cl. The first-order valence-electron chi connectivity index (χ1n) is 5.67. The van der Waals surface area contributed by atoms with E-state index in [2.05, 4.69) is 0 Å². The van der Waals surface area contributed by atoms with Crippen LogP contribution in [0.2, 0.25) is 5.02 Å². The van der Waals surface area contributed by atoms with Crippen LogP contribution in [0.4, 0.5) is 0 Å². The lowest BCUT2D eigenvalue weighted by Crippen LogP contribution is -2.03. The summed E-state index contributed by atoms with van der Waals surface area (Å²) < 4.78 is 5.19. The highest BCUT2D eigenvalue weighted by Crippen LogP contribution is 2.37. The average molecular weight is 259 g/mol. The minimum Gasteiger partial charge on any atom is -0.495 e. The highest BCUT2D eigenvalue weighted by molar-refractivity contribution is 6.32. The second-order valence-corrected chi connectivity index (χ2v) is 5.33. The molecule has 0 aliphatic heterocycles. The van der Waals surface area contributed by atoms with E-state index in [1.54, 1.807) is 7.11 Å². The fourth-order valence-electron chi connectivity index (χ4n) is 1.86. The van der Waals surface area contributed by atoms with Gasteiger partial charge in [-0.1, -0.05) is 17.7 Å². The van der Waals surface area contributed by atoms with Crippen molar-refractivity contribution in [3.63, 3.8) is 0 Å². The molecule has 0 heterocycles. The molecule has 1 nitrogen and oxygen atoms in total. The molecule has 0 saturated heterocycles. The largest absolute Gasteiger partial charge is 0.495 e. The number of hydrogen-bond acceptors (Lipinski definition) is 1. The Morgan fingerprint density at radius 2 is 2.19 bits per heavy atom. The molecule has 1 aromatic carbocycles. The Labute approximate surface area is 107 Å². The zero-order valence-electron chi connectivity index (χ0n) is 9.38. The number of aryl methyl sites for hydroxylation is 1. The van der Waals surface area contributed by atoms with E-state index >= 15 is 0 Å². The second-order valence-electron chi connectivity index (χ2n) is 4.36. The van der Waals surface area contributed by atoms with Gasteiger partial charge in [0.25, 0.3) is 0 Å². The molecule has 1 atom stereocenters. The van der Waals surface area contributed by atoms with E-state index in [1.807, 2.05) is 18.2 Å². The maximum Gasteiger partial charge on any atom is 0.137 e. The van der Waals surface area contributed by atoms with Crippen molar-refractivity contribution in [1.29, 1.82) is 0 Å². The molecule has 0 bridgehead atoms. The van der Waals surface area contributed by atoms with E-state index in [0.29, 0.717) is 10.4 Å². The fourth-order valence-corrected chi connectivity index (χ4v) is 2.41. The molecular weight excluding hydrogens is 243 g/mol. The van der Waals surface area contributed by atoms with Gasteiger partial charge in [-0.2, -0.15) is 0 Å². The van der Waals surface area contributed by atoms with Crippen molar-refractivity contribution in [1.82, 2.24) is 0 Å². The van der Waals surface area contributed by atoms with Crippen molar-refractivity contribution in [3.8, 4) is 5.75 Å². The standard InChI is InChI=1S/C13H16Cl2O/c1-16-13-8-9(3-7-12(13)15)2-6-11(14)10-4-5-10/h3,7-8,10-11H,2,4-6H2,1H3. The van der Waals surface area contributed by atoms with Crippen LogP contribution >= 0.6 is 23.2 Å². The fraction of sp³-hybridized carbons (Fsp3) is 0.538. The lowest BCUT2D eigenvalue weighted by atomic mass is 10.1. The average Bonchev–Trinajstić information content (AvgIpc) is 3.11. The van der Waals surface area contributed by atoms with Gasteiger partial charge in [0.2, 0.25) is 0 Å². The summed E-state index contributed by atoms with van der Waals surface area (Å²) in [6, 6.07) is 5.93. The normalized spacial score (nSPS) is 17.2. The number of ether oxygens (including phenoxy) is 1. The molecule has 3 heteroatoms. The molecule has 1 saturated carbocycles. The molecule has 0 aromatic heterocycles. The third-order valence-electron chi connectivity index (χ3n) is 3.06. The number of alkyl halides is 1. The molecule has 0 spiro atoms. The Hall–Kier alpha value is -0.400. The van der Waals surface area contributed by atoms with Gasteiger partial charge >= 0.3 is 0 Å². The number of halogens is 2. The van der Waals surface area contributed by atoms with Crippen LogP contribution in [0.5, 0.6) is 5.75 Å². The summed E-state index contributed by atoms with van der Waals surface area (Å²) in [7, 11) is 1.64. The quantitative estimate of drug-likeness (QED) is 0.716. The van der Waals surface area contributed by atoms with Crippen molar-refractivity contribution in [2.75, 3.05) is 7.11 Å². The van der Waals surface area contributed by atoms with Crippen LogP contribution in [0.25, 0.3) is 0 Å². The lowest BCUT2D eigenvalue weighted by Gasteiger charge is -2.09. The molecule has 1 aliphatic carbocycles. The van der Waals surface area contributed by atoms with Crippen LogP contribution in [0, 0.1) is 5.92 Å². The van der Waals surface area contributed by atoms with Gasteiger partial charge in [-0.25, -0.2) is 0 Å². The van der Waals surface area contributed by atoms with E-state index in [4.69, 9.17) is 27.9 Å². The van der Waals surface area contributed by atoms with Crippen molar-refractivity contribution in [2.45, 2.75) is 31.1 Å². The molecular formula is C13H16Cl2O. The highest BCUT2D eigenvalue weighted by Gasteiger charge is 2.29. The monoisotopic (exact) mass is 258 g/mol. The Morgan fingerprint density at radius 1 is 1.44 bits per heavy atom. The van der Waals surface area contributed by atoms with E-state index in [-0.39, 0.29) is 0 Å². The van der Waals surface area contributed by atoms with E-state index < -0.39 is 0 Å². The highest BCUT2D eigenvalue weighted by atomic mass is 35.5. The summed E-state index contributed by atoms with van der Waals surface area (Å²) in [5, 5.41) is 0.998. The zero-order chi connectivity index (χ0) is 11.5. The summed E-state index contributed by atoms with van der Waals surface area (Å²) in [6.45, 7) is 0. The molecule has 88 valence electrons. The van der Waals surface area contributed by atoms with Crippen molar-refractivity contribution in [3.05, 3.63) is 28.8 Å². The summed E-state index contributed by atoms with van der Waals surface area (Å²) in [5.41, 5.74) is 1.24. The summed E-state index contributed by atoms with van der Waals surface area (Å²) >= 11 is 12.2. The minimum atomic E-state index is 0.335. The van der Waals surface area contributed by atoms with Crippen LogP contribution in [0.1, 0.15) is 24.8 Å². The Kier molecular flexibility index (Phi) is 3.99. The smallest absolute Gasteiger partial charge is 0.137 e. The van der Waals surface area contributed by atoms with Crippen LogP contribution in [0.3, 0.4) is 0 Å². The van der Waals surface area contributed by atoms with E-state index in [1.165, 1.54) is 18.4 Å². The van der Waals surface area contributed by atoms with E-state index in [0.717, 1.165) is 24.5 Å². The van der Waals surface area contributed by atoms with Gasteiger partial charge in [0.05, 0.1) is 12.1 Å². The molecule has 0 radical (unpaired) electrons. The maximum absolute atomic E-state index is 6.28. The Balaban J connectivity index is 1.93. The molecule has 1 aliphatic rings.